The molecule has 0 aliphatic heterocycles. The highest BCUT2D eigenvalue weighted by Gasteiger charge is 2.19. The molecule has 0 saturated heterocycles. The van der Waals surface area contributed by atoms with Crippen molar-refractivity contribution in [2.24, 2.45) is 0 Å². The maximum Gasteiger partial charge on any atom is 0.272 e. The van der Waals surface area contributed by atoms with Crippen LogP contribution in [0.3, 0.4) is 0 Å². The number of para-hydroxylation sites is 2. The van der Waals surface area contributed by atoms with Gasteiger partial charge in [-0.3, -0.25) is 15.6 Å². The molecule has 0 fully saturated rings. The molecule has 4 aromatic rings. The topological polar surface area (TPSA) is 80.0 Å². The number of hydrazine groups is 1. The van der Waals surface area contributed by atoms with Crippen molar-refractivity contribution >= 4 is 28.2 Å². The van der Waals surface area contributed by atoms with Crippen LogP contribution in [0.15, 0.2) is 78.9 Å². The summed E-state index contributed by atoms with van der Waals surface area (Å²) in [4.78, 5) is 17.5. The number of benzene rings is 3. The predicted molar refractivity (Wildman–Crippen MR) is 109 cm³/mol. The van der Waals surface area contributed by atoms with Crippen molar-refractivity contribution in [2.45, 2.75) is 0 Å². The van der Waals surface area contributed by atoms with Gasteiger partial charge in [-0.05, 0) is 42.5 Å². The SMILES string of the molecule is Nc1c(-c2ccc(F)cc2)nc2ccccc2c1C(=O)NNc1ccccc1. The molecule has 1 aromatic heterocycles. The van der Waals surface area contributed by atoms with Gasteiger partial charge in [-0.2, -0.15) is 0 Å². The smallest absolute Gasteiger partial charge is 0.272 e. The van der Waals surface area contributed by atoms with Gasteiger partial charge < -0.3 is 5.73 Å². The van der Waals surface area contributed by atoms with E-state index in [2.05, 4.69) is 15.8 Å². The average molecular weight is 372 g/mol. The second-order valence-corrected chi connectivity index (χ2v) is 6.22. The molecule has 1 amide bonds. The number of carbonyl (C=O) groups excluding carboxylic acids is 1. The van der Waals surface area contributed by atoms with Crippen LogP contribution in [-0.2, 0) is 0 Å². The number of nitrogen functional groups attached to an aromatic ring is 1. The molecule has 0 saturated carbocycles. The molecular formula is C22H17FN4O. The summed E-state index contributed by atoms with van der Waals surface area (Å²) in [7, 11) is 0. The van der Waals surface area contributed by atoms with Gasteiger partial charge in [0.05, 0.1) is 28.1 Å². The monoisotopic (exact) mass is 372 g/mol. The van der Waals surface area contributed by atoms with Crippen LogP contribution in [-0.4, -0.2) is 10.9 Å². The van der Waals surface area contributed by atoms with E-state index >= 15 is 0 Å². The largest absolute Gasteiger partial charge is 0.396 e. The van der Waals surface area contributed by atoms with Crippen molar-refractivity contribution < 1.29 is 9.18 Å². The van der Waals surface area contributed by atoms with Crippen molar-refractivity contribution in [3.63, 3.8) is 0 Å². The summed E-state index contributed by atoms with van der Waals surface area (Å²) in [6, 6.07) is 22.4. The molecule has 0 aliphatic carbocycles. The van der Waals surface area contributed by atoms with Gasteiger partial charge >= 0.3 is 0 Å². The second kappa shape index (κ2) is 7.36. The van der Waals surface area contributed by atoms with Gasteiger partial charge in [-0.1, -0.05) is 36.4 Å². The minimum Gasteiger partial charge on any atom is -0.396 e. The van der Waals surface area contributed by atoms with E-state index in [9.17, 15) is 9.18 Å². The third-order valence-corrected chi connectivity index (χ3v) is 4.37. The Labute approximate surface area is 161 Å². The summed E-state index contributed by atoms with van der Waals surface area (Å²) in [6.07, 6.45) is 0. The maximum atomic E-state index is 13.3. The van der Waals surface area contributed by atoms with Crippen LogP contribution in [0.1, 0.15) is 10.4 Å². The summed E-state index contributed by atoms with van der Waals surface area (Å²) < 4.78 is 13.3. The molecule has 4 N–H and O–H groups in total. The molecule has 0 atom stereocenters. The lowest BCUT2D eigenvalue weighted by Gasteiger charge is -2.15. The van der Waals surface area contributed by atoms with E-state index in [1.165, 1.54) is 12.1 Å². The van der Waals surface area contributed by atoms with Crippen LogP contribution >= 0.6 is 0 Å². The Balaban J connectivity index is 1.78. The lowest BCUT2D eigenvalue weighted by molar-refractivity contribution is 0.0965. The molecule has 0 unspecified atom stereocenters. The number of halogens is 1. The number of aromatic nitrogens is 1. The van der Waals surface area contributed by atoms with E-state index in [1.54, 1.807) is 18.2 Å². The molecule has 0 aliphatic rings. The number of hydrogen-bond donors (Lipinski definition) is 3. The van der Waals surface area contributed by atoms with Gasteiger partial charge in [0.25, 0.3) is 5.91 Å². The van der Waals surface area contributed by atoms with Crippen molar-refractivity contribution in [3.05, 3.63) is 90.2 Å². The zero-order valence-corrected chi connectivity index (χ0v) is 14.8. The van der Waals surface area contributed by atoms with E-state index in [4.69, 9.17) is 5.73 Å². The molecule has 0 spiro atoms. The number of nitrogens with one attached hydrogen (secondary N) is 2. The number of anilines is 2. The first-order valence-corrected chi connectivity index (χ1v) is 8.69. The van der Waals surface area contributed by atoms with Gasteiger partial charge in [-0.25, -0.2) is 9.37 Å². The zero-order valence-electron chi connectivity index (χ0n) is 14.8. The van der Waals surface area contributed by atoms with Gasteiger partial charge in [0.2, 0.25) is 0 Å². The first-order valence-electron chi connectivity index (χ1n) is 8.69. The standard InChI is InChI=1S/C22H17FN4O/c23-15-12-10-14(11-13-15)21-20(24)19(17-8-4-5-9-18(17)25-21)22(28)27-26-16-6-2-1-3-7-16/h1-13,26H,24H2,(H,27,28). The van der Waals surface area contributed by atoms with Crippen LogP contribution in [0.4, 0.5) is 15.8 Å². The Kier molecular flexibility index (Phi) is 4.60. The summed E-state index contributed by atoms with van der Waals surface area (Å²) in [6.45, 7) is 0. The fourth-order valence-corrected chi connectivity index (χ4v) is 3.01. The molecule has 1 heterocycles. The van der Waals surface area contributed by atoms with Crippen LogP contribution in [0.25, 0.3) is 22.2 Å². The fourth-order valence-electron chi connectivity index (χ4n) is 3.01. The Morgan fingerprint density at radius 2 is 1.57 bits per heavy atom. The Bertz CT molecular complexity index is 1140. The average Bonchev–Trinajstić information content (AvgIpc) is 2.73. The lowest BCUT2D eigenvalue weighted by atomic mass is 10.0. The van der Waals surface area contributed by atoms with E-state index in [0.717, 1.165) is 5.69 Å². The van der Waals surface area contributed by atoms with Crippen molar-refractivity contribution in [1.82, 2.24) is 10.4 Å². The van der Waals surface area contributed by atoms with Gasteiger partial charge in [0.15, 0.2) is 0 Å². The number of fused-ring (bicyclic) bond motifs is 1. The maximum absolute atomic E-state index is 13.3. The van der Waals surface area contributed by atoms with Crippen LogP contribution in [0.2, 0.25) is 0 Å². The molecule has 4 rings (SSSR count). The third kappa shape index (κ3) is 3.35. The Morgan fingerprint density at radius 3 is 2.32 bits per heavy atom. The molecule has 6 heteroatoms. The molecule has 3 aromatic carbocycles. The van der Waals surface area contributed by atoms with E-state index < -0.39 is 0 Å². The fraction of sp³-hybridized carbons (Fsp3) is 0. The predicted octanol–water partition coefficient (Wildman–Crippen LogP) is 4.38. The molecule has 5 nitrogen and oxygen atoms in total. The highest BCUT2D eigenvalue weighted by Crippen LogP contribution is 2.32. The first kappa shape index (κ1) is 17.5. The Hall–Kier alpha value is -3.93. The molecular weight excluding hydrogens is 355 g/mol. The number of nitrogens with zero attached hydrogens (tertiary/aromatic N) is 1. The normalized spacial score (nSPS) is 10.6. The van der Waals surface area contributed by atoms with E-state index in [-0.39, 0.29) is 17.4 Å². The molecule has 28 heavy (non-hydrogen) atoms. The van der Waals surface area contributed by atoms with Gasteiger partial charge in [0.1, 0.15) is 5.82 Å². The van der Waals surface area contributed by atoms with Crippen LogP contribution in [0, 0.1) is 5.82 Å². The third-order valence-electron chi connectivity index (χ3n) is 4.37. The number of pyridine rings is 1. The van der Waals surface area contributed by atoms with Crippen molar-refractivity contribution in [1.29, 1.82) is 0 Å². The number of carbonyl (C=O) groups is 1. The number of rotatable bonds is 4. The van der Waals surface area contributed by atoms with Gasteiger partial charge in [-0.15, -0.1) is 0 Å². The summed E-state index contributed by atoms with van der Waals surface area (Å²) in [5, 5.41) is 0.637. The van der Waals surface area contributed by atoms with E-state index in [1.807, 2.05) is 48.5 Å². The quantitative estimate of drug-likeness (QED) is 0.465. The molecule has 138 valence electrons. The summed E-state index contributed by atoms with van der Waals surface area (Å²) >= 11 is 0. The zero-order chi connectivity index (χ0) is 19.5. The summed E-state index contributed by atoms with van der Waals surface area (Å²) in [5.41, 5.74) is 14.9. The number of nitrogens with two attached hydrogens (primary N) is 1. The summed E-state index contributed by atoms with van der Waals surface area (Å²) in [5.74, 6) is -0.739. The minimum absolute atomic E-state index is 0.234. The van der Waals surface area contributed by atoms with Crippen LogP contribution < -0.4 is 16.6 Å². The van der Waals surface area contributed by atoms with Crippen molar-refractivity contribution in [3.8, 4) is 11.3 Å². The number of hydrogen-bond acceptors (Lipinski definition) is 4. The highest BCUT2D eigenvalue weighted by atomic mass is 19.1. The Morgan fingerprint density at radius 1 is 0.893 bits per heavy atom. The molecule has 0 bridgehead atoms. The first-order chi connectivity index (χ1) is 13.6. The lowest BCUT2D eigenvalue weighted by Crippen LogP contribution is -2.30. The minimum atomic E-state index is -0.386. The second-order valence-electron chi connectivity index (χ2n) is 6.22. The highest BCUT2D eigenvalue weighted by molar-refractivity contribution is 6.13. The van der Waals surface area contributed by atoms with E-state index in [0.29, 0.717) is 27.7 Å². The van der Waals surface area contributed by atoms with Gasteiger partial charge in [0, 0.05) is 10.9 Å². The molecule has 0 radical (unpaired) electrons. The van der Waals surface area contributed by atoms with Crippen LogP contribution in [0.5, 0.6) is 0 Å². The number of amides is 1. The van der Waals surface area contributed by atoms with Crippen molar-refractivity contribution in [2.75, 3.05) is 11.2 Å².